The highest BCUT2D eigenvalue weighted by molar-refractivity contribution is 5.16. The third-order valence-electron chi connectivity index (χ3n) is 2.94. The molecule has 3 N–H and O–H groups in total. The molecule has 0 saturated heterocycles. The Morgan fingerprint density at radius 2 is 2.00 bits per heavy atom. The second-order valence-electron chi connectivity index (χ2n) is 4.40. The van der Waals surface area contributed by atoms with Crippen LogP contribution >= 0.6 is 0 Å². The van der Waals surface area contributed by atoms with Crippen molar-refractivity contribution in [2.24, 2.45) is 5.73 Å². The van der Waals surface area contributed by atoms with E-state index < -0.39 is 0 Å². The van der Waals surface area contributed by atoms with Crippen LogP contribution in [0, 0.1) is 0 Å². The first-order valence-corrected chi connectivity index (χ1v) is 6.56. The number of unbranched alkanes of at least 4 members (excludes halogenated alkanes) is 1. The molecule has 0 saturated carbocycles. The Morgan fingerprint density at radius 3 is 2.56 bits per heavy atom. The van der Waals surface area contributed by atoms with Crippen LogP contribution in [0.25, 0.3) is 0 Å². The number of aromatic amines is 1. The summed E-state index contributed by atoms with van der Waals surface area (Å²) in [6.07, 6.45) is 6.61. The Morgan fingerprint density at radius 1 is 1.25 bits per heavy atom. The molecular weight excluding hydrogens is 198 g/mol. The van der Waals surface area contributed by atoms with E-state index >= 15 is 0 Å². The minimum atomic E-state index is 0.0795. The van der Waals surface area contributed by atoms with Gasteiger partial charge in [-0.15, -0.1) is 0 Å². The van der Waals surface area contributed by atoms with E-state index in [-0.39, 0.29) is 6.04 Å². The molecule has 1 atom stereocenters. The van der Waals surface area contributed by atoms with E-state index in [4.69, 9.17) is 5.73 Å². The number of hydrogen-bond acceptors (Lipinski definition) is 2. The topological polar surface area (TPSA) is 54.7 Å². The van der Waals surface area contributed by atoms with Gasteiger partial charge in [0, 0.05) is 5.69 Å². The highest BCUT2D eigenvalue weighted by Gasteiger charge is 2.13. The van der Waals surface area contributed by atoms with Crippen molar-refractivity contribution in [1.29, 1.82) is 0 Å². The third kappa shape index (κ3) is 3.34. The second kappa shape index (κ2) is 6.69. The summed E-state index contributed by atoms with van der Waals surface area (Å²) in [6, 6.07) is 0.0795. The smallest absolute Gasteiger partial charge is 0.123 e. The van der Waals surface area contributed by atoms with Gasteiger partial charge >= 0.3 is 0 Å². The number of H-pyrrole nitrogens is 1. The molecule has 3 heteroatoms. The number of aromatic nitrogens is 2. The zero-order chi connectivity index (χ0) is 12.0. The van der Waals surface area contributed by atoms with Gasteiger partial charge in [0.15, 0.2) is 0 Å². The van der Waals surface area contributed by atoms with Crippen LogP contribution in [-0.2, 0) is 12.8 Å². The minimum absolute atomic E-state index is 0.0795. The van der Waals surface area contributed by atoms with E-state index in [9.17, 15) is 0 Å². The first-order valence-electron chi connectivity index (χ1n) is 6.56. The first-order chi connectivity index (χ1) is 7.72. The molecule has 0 aliphatic rings. The zero-order valence-corrected chi connectivity index (χ0v) is 10.8. The number of aryl methyl sites for hydroxylation is 2. The van der Waals surface area contributed by atoms with Gasteiger partial charge in [0.1, 0.15) is 5.82 Å². The summed E-state index contributed by atoms with van der Waals surface area (Å²) in [4.78, 5) is 8.03. The Labute approximate surface area is 98.8 Å². The summed E-state index contributed by atoms with van der Waals surface area (Å²) in [5, 5.41) is 0. The van der Waals surface area contributed by atoms with Crippen molar-refractivity contribution in [3.8, 4) is 0 Å². The van der Waals surface area contributed by atoms with Gasteiger partial charge in [0.25, 0.3) is 0 Å². The fourth-order valence-electron chi connectivity index (χ4n) is 1.95. The molecule has 0 bridgehead atoms. The van der Waals surface area contributed by atoms with Gasteiger partial charge in [0.2, 0.25) is 0 Å². The fourth-order valence-corrected chi connectivity index (χ4v) is 1.95. The summed E-state index contributed by atoms with van der Waals surface area (Å²) in [6.45, 7) is 6.53. The van der Waals surface area contributed by atoms with Crippen LogP contribution in [0.3, 0.4) is 0 Å². The van der Waals surface area contributed by atoms with Crippen LogP contribution in [0.4, 0.5) is 0 Å². The van der Waals surface area contributed by atoms with Gasteiger partial charge in [-0.1, -0.05) is 40.0 Å². The molecule has 0 fully saturated rings. The average Bonchev–Trinajstić information content (AvgIpc) is 2.69. The van der Waals surface area contributed by atoms with Crippen molar-refractivity contribution in [2.75, 3.05) is 0 Å². The van der Waals surface area contributed by atoms with Gasteiger partial charge in [-0.2, -0.15) is 0 Å². The van der Waals surface area contributed by atoms with E-state index in [0.717, 1.165) is 31.5 Å². The van der Waals surface area contributed by atoms with Crippen LogP contribution < -0.4 is 5.73 Å². The van der Waals surface area contributed by atoms with Crippen molar-refractivity contribution >= 4 is 0 Å². The predicted octanol–water partition coefficient (Wildman–Crippen LogP) is 3.11. The van der Waals surface area contributed by atoms with Crippen molar-refractivity contribution in [3.63, 3.8) is 0 Å². The molecule has 1 heterocycles. The normalized spacial score (nSPS) is 13.0. The highest BCUT2D eigenvalue weighted by Crippen LogP contribution is 2.17. The van der Waals surface area contributed by atoms with Gasteiger partial charge in [0.05, 0.1) is 11.7 Å². The maximum atomic E-state index is 6.12. The maximum absolute atomic E-state index is 6.12. The number of hydrogen-bond donors (Lipinski definition) is 2. The number of rotatable bonds is 7. The van der Waals surface area contributed by atoms with Crippen molar-refractivity contribution in [2.45, 2.75) is 65.3 Å². The lowest BCUT2D eigenvalue weighted by atomic mass is 10.1. The van der Waals surface area contributed by atoms with Gasteiger partial charge in [-0.25, -0.2) is 4.98 Å². The molecule has 16 heavy (non-hydrogen) atoms. The average molecular weight is 223 g/mol. The van der Waals surface area contributed by atoms with E-state index in [1.165, 1.54) is 24.2 Å². The molecular formula is C13H25N3. The minimum Gasteiger partial charge on any atom is -0.344 e. The Kier molecular flexibility index (Phi) is 5.53. The molecule has 0 spiro atoms. The Balaban J connectivity index is 2.72. The summed E-state index contributed by atoms with van der Waals surface area (Å²) >= 11 is 0. The molecule has 3 nitrogen and oxygen atoms in total. The van der Waals surface area contributed by atoms with Gasteiger partial charge in [-0.05, 0) is 19.3 Å². The molecule has 92 valence electrons. The van der Waals surface area contributed by atoms with E-state index in [0.29, 0.717) is 0 Å². The molecule has 0 aliphatic carbocycles. The van der Waals surface area contributed by atoms with Crippen LogP contribution in [0.15, 0.2) is 0 Å². The van der Waals surface area contributed by atoms with Gasteiger partial charge in [-0.3, -0.25) is 0 Å². The van der Waals surface area contributed by atoms with Crippen molar-refractivity contribution in [1.82, 2.24) is 9.97 Å². The molecule has 0 radical (unpaired) electrons. The summed E-state index contributed by atoms with van der Waals surface area (Å²) in [7, 11) is 0. The fraction of sp³-hybridized carbons (Fsp3) is 0.769. The molecule has 0 aromatic carbocycles. The first kappa shape index (κ1) is 13.2. The molecule has 0 amide bonds. The SMILES string of the molecule is CCCCC(N)c1nc(CC)c(CCC)[nH]1. The quantitative estimate of drug-likeness (QED) is 0.746. The standard InChI is InChI=1S/C13H25N3/c1-4-7-9-10(14)13-15-11(6-3)12(16-13)8-5-2/h10H,4-9,14H2,1-3H3,(H,15,16). The van der Waals surface area contributed by atoms with Crippen molar-refractivity contribution in [3.05, 3.63) is 17.2 Å². The monoisotopic (exact) mass is 223 g/mol. The lowest BCUT2D eigenvalue weighted by Crippen LogP contribution is -2.12. The lowest BCUT2D eigenvalue weighted by molar-refractivity contribution is 0.578. The largest absolute Gasteiger partial charge is 0.344 e. The number of nitrogens with one attached hydrogen (secondary N) is 1. The van der Waals surface area contributed by atoms with Crippen LogP contribution in [-0.4, -0.2) is 9.97 Å². The van der Waals surface area contributed by atoms with Crippen LogP contribution in [0.5, 0.6) is 0 Å². The predicted molar refractivity (Wildman–Crippen MR) is 68.4 cm³/mol. The number of nitrogens with two attached hydrogens (primary N) is 1. The molecule has 1 aromatic heterocycles. The molecule has 1 aromatic rings. The Bertz CT molecular complexity index is 304. The zero-order valence-electron chi connectivity index (χ0n) is 10.8. The van der Waals surface area contributed by atoms with E-state index in [1.807, 2.05) is 0 Å². The second-order valence-corrected chi connectivity index (χ2v) is 4.40. The summed E-state index contributed by atoms with van der Waals surface area (Å²) < 4.78 is 0. The molecule has 1 rings (SSSR count). The number of nitrogens with zero attached hydrogens (tertiary/aromatic N) is 1. The maximum Gasteiger partial charge on any atom is 0.123 e. The van der Waals surface area contributed by atoms with Crippen molar-refractivity contribution < 1.29 is 0 Å². The third-order valence-corrected chi connectivity index (χ3v) is 2.94. The van der Waals surface area contributed by atoms with E-state index in [2.05, 4.69) is 30.7 Å². The number of imidazole rings is 1. The molecule has 0 aliphatic heterocycles. The highest BCUT2D eigenvalue weighted by atomic mass is 15.0. The molecule has 1 unspecified atom stereocenters. The van der Waals surface area contributed by atoms with E-state index in [1.54, 1.807) is 0 Å². The van der Waals surface area contributed by atoms with Crippen LogP contribution in [0.2, 0.25) is 0 Å². The lowest BCUT2D eigenvalue weighted by Gasteiger charge is -2.06. The Hall–Kier alpha value is -0.830. The summed E-state index contributed by atoms with van der Waals surface area (Å²) in [5.41, 5.74) is 8.60. The van der Waals surface area contributed by atoms with Gasteiger partial charge < -0.3 is 10.7 Å². The summed E-state index contributed by atoms with van der Waals surface area (Å²) in [5.74, 6) is 0.980. The van der Waals surface area contributed by atoms with Crippen LogP contribution in [0.1, 0.15) is 69.7 Å².